The van der Waals surface area contributed by atoms with Crippen molar-refractivity contribution in [1.82, 2.24) is 10.6 Å². The highest BCUT2D eigenvalue weighted by Gasteiger charge is 2.22. The Balaban J connectivity index is 2.32. The van der Waals surface area contributed by atoms with Gasteiger partial charge in [-0.1, -0.05) is 6.92 Å². The van der Waals surface area contributed by atoms with Gasteiger partial charge in [-0.25, -0.2) is 0 Å². The number of aliphatic hydroxyl groups is 1. The van der Waals surface area contributed by atoms with Crippen molar-refractivity contribution >= 4 is 5.91 Å². The Hall–Kier alpha value is -0.610. The molecule has 1 heterocycles. The zero-order valence-corrected chi connectivity index (χ0v) is 8.75. The summed E-state index contributed by atoms with van der Waals surface area (Å²) in [7, 11) is 0. The Morgan fingerprint density at radius 3 is 3.00 bits per heavy atom. The molecule has 0 aromatic carbocycles. The third-order valence-corrected chi connectivity index (χ3v) is 2.73. The van der Waals surface area contributed by atoms with Crippen LogP contribution in [0, 0.1) is 5.92 Å². The molecule has 1 unspecified atom stereocenters. The third-order valence-electron chi connectivity index (χ3n) is 2.73. The molecule has 82 valence electrons. The average molecular weight is 200 g/mol. The smallest absolute Gasteiger partial charge is 0.224 e. The highest BCUT2D eigenvalue weighted by atomic mass is 16.3. The van der Waals surface area contributed by atoms with Crippen LogP contribution in [0.15, 0.2) is 0 Å². The highest BCUT2D eigenvalue weighted by Crippen LogP contribution is 2.10. The van der Waals surface area contributed by atoms with Crippen molar-refractivity contribution < 1.29 is 9.90 Å². The van der Waals surface area contributed by atoms with Gasteiger partial charge in [0.15, 0.2) is 0 Å². The normalized spacial score (nSPS) is 24.3. The monoisotopic (exact) mass is 200 g/mol. The lowest BCUT2D eigenvalue weighted by atomic mass is 9.98. The van der Waals surface area contributed by atoms with Gasteiger partial charge in [-0.2, -0.15) is 0 Å². The van der Waals surface area contributed by atoms with E-state index in [-0.39, 0.29) is 24.5 Å². The van der Waals surface area contributed by atoms with Gasteiger partial charge in [-0.05, 0) is 25.8 Å². The summed E-state index contributed by atoms with van der Waals surface area (Å²) in [4.78, 5) is 11.7. The van der Waals surface area contributed by atoms with Crippen LogP contribution in [0.4, 0.5) is 0 Å². The summed E-state index contributed by atoms with van der Waals surface area (Å²) in [5, 5.41) is 15.0. The van der Waals surface area contributed by atoms with Crippen molar-refractivity contribution in [2.75, 3.05) is 19.7 Å². The number of nitrogens with one attached hydrogen (secondary N) is 2. The number of aliphatic hydroxyl groups excluding tert-OH is 1. The van der Waals surface area contributed by atoms with E-state index in [1.54, 1.807) is 0 Å². The molecule has 2 atom stereocenters. The summed E-state index contributed by atoms with van der Waals surface area (Å²) in [5.74, 6) is 0.169. The molecular formula is C10H20N2O2. The summed E-state index contributed by atoms with van der Waals surface area (Å²) in [6.07, 6.45) is 2.80. The van der Waals surface area contributed by atoms with E-state index in [2.05, 4.69) is 10.6 Å². The van der Waals surface area contributed by atoms with Crippen LogP contribution in [0.1, 0.15) is 26.2 Å². The van der Waals surface area contributed by atoms with E-state index in [0.29, 0.717) is 0 Å². The minimum Gasteiger partial charge on any atom is -0.394 e. The van der Waals surface area contributed by atoms with Crippen molar-refractivity contribution in [2.45, 2.75) is 32.2 Å². The molecule has 0 aromatic heterocycles. The molecule has 14 heavy (non-hydrogen) atoms. The maximum atomic E-state index is 11.7. The van der Waals surface area contributed by atoms with Gasteiger partial charge in [0.05, 0.1) is 18.6 Å². The highest BCUT2D eigenvalue weighted by molar-refractivity contribution is 5.79. The summed E-state index contributed by atoms with van der Waals surface area (Å²) in [6.45, 7) is 3.78. The van der Waals surface area contributed by atoms with Crippen LogP contribution in [0.2, 0.25) is 0 Å². The van der Waals surface area contributed by atoms with Gasteiger partial charge in [0.2, 0.25) is 5.91 Å². The van der Waals surface area contributed by atoms with Crippen molar-refractivity contribution in [3.63, 3.8) is 0 Å². The second-order valence-electron chi connectivity index (χ2n) is 3.84. The maximum absolute atomic E-state index is 11.7. The molecule has 4 nitrogen and oxygen atoms in total. The topological polar surface area (TPSA) is 61.4 Å². The fourth-order valence-electron chi connectivity index (χ4n) is 1.67. The Labute approximate surface area is 85.1 Å². The predicted molar refractivity (Wildman–Crippen MR) is 54.9 cm³/mol. The fourth-order valence-corrected chi connectivity index (χ4v) is 1.67. The van der Waals surface area contributed by atoms with Crippen LogP contribution in [-0.2, 0) is 4.79 Å². The first kappa shape index (κ1) is 11.5. The second kappa shape index (κ2) is 5.98. The first-order valence-electron chi connectivity index (χ1n) is 5.39. The van der Waals surface area contributed by atoms with Gasteiger partial charge in [0, 0.05) is 6.54 Å². The number of rotatable bonds is 4. The Morgan fingerprint density at radius 2 is 2.50 bits per heavy atom. The van der Waals surface area contributed by atoms with Crippen LogP contribution in [0.25, 0.3) is 0 Å². The molecule has 1 aliphatic heterocycles. The molecule has 1 saturated heterocycles. The van der Waals surface area contributed by atoms with E-state index >= 15 is 0 Å². The summed E-state index contributed by atoms with van der Waals surface area (Å²) < 4.78 is 0. The number of carbonyl (C=O) groups excluding carboxylic acids is 1. The Morgan fingerprint density at radius 1 is 1.71 bits per heavy atom. The largest absolute Gasteiger partial charge is 0.394 e. The lowest BCUT2D eigenvalue weighted by molar-refractivity contribution is -0.126. The SMILES string of the molecule is CCC(CO)NC(=O)[C@@H]1CCCNC1. The molecule has 1 fully saturated rings. The lowest BCUT2D eigenvalue weighted by Gasteiger charge is -2.24. The van der Waals surface area contributed by atoms with Crippen molar-refractivity contribution in [2.24, 2.45) is 5.92 Å². The van der Waals surface area contributed by atoms with E-state index in [0.717, 1.165) is 32.4 Å². The van der Waals surface area contributed by atoms with Crippen LogP contribution >= 0.6 is 0 Å². The number of hydrogen-bond acceptors (Lipinski definition) is 3. The van der Waals surface area contributed by atoms with Crippen LogP contribution in [0.5, 0.6) is 0 Å². The molecule has 4 heteroatoms. The van der Waals surface area contributed by atoms with Crippen LogP contribution < -0.4 is 10.6 Å². The molecule has 0 radical (unpaired) electrons. The molecule has 0 aromatic rings. The average Bonchev–Trinajstić information content (AvgIpc) is 2.26. The van der Waals surface area contributed by atoms with Gasteiger partial charge in [-0.3, -0.25) is 4.79 Å². The molecule has 3 N–H and O–H groups in total. The van der Waals surface area contributed by atoms with E-state index in [1.807, 2.05) is 6.92 Å². The molecule has 1 rings (SSSR count). The minimum atomic E-state index is -0.0792. The molecule has 1 amide bonds. The van der Waals surface area contributed by atoms with Crippen molar-refractivity contribution in [1.29, 1.82) is 0 Å². The van der Waals surface area contributed by atoms with E-state index in [1.165, 1.54) is 0 Å². The van der Waals surface area contributed by atoms with Crippen molar-refractivity contribution in [3.8, 4) is 0 Å². The quantitative estimate of drug-likeness (QED) is 0.592. The summed E-state index contributed by atoms with van der Waals surface area (Å²) in [5.41, 5.74) is 0. The van der Waals surface area contributed by atoms with Crippen LogP contribution in [0.3, 0.4) is 0 Å². The second-order valence-corrected chi connectivity index (χ2v) is 3.84. The third kappa shape index (κ3) is 3.27. The number of piperidine rings is 1. The summed E-state index contributed by atoms with van der Waals surface area (Å²) in [6, 6.07) is -0.0792. The molecule has 0 spiro atoms. The van der Waals surface area contributed by atoms with Gasteiger partial charge in [0.1, 0.15) is 0 Å². The van der Waals surface area contributed by atoms with Gasteiger partial charge >= 0.3 is 0 Å². The zero-order chi connectivity index (χ0) is 10.4. The lowest BCUT2D eigenvalue weighted by Crippen LogP contribution is -2.45. The number of amides is 1. The van der Waals surface area contributed by atoms with Crippen molar-refractivity contribution in [3.05, 3.63) is 0 Å². The van der Waals surface area contributed by atoms with Crippen LogP contribution in [-0.4, -0.2) is 36.8 Å². The van der Waals surface area contributed by atoms with E-state index in [9.17, 15) is 4.79 Å². The zero-order valence-electron chi connectivity index (χ0n) is 8.75. The van der Waals surface area contributed by atoms with Gasteiger partial charge in [-0.15, -0.1) is 0 Å². The molecule has 0 aliphatic carbocycles. The first-order chi connectivity index (χ1) is 6.77. The molecule has 1 aliphatic rings. The summed E-state index contributed by atoms with van der Waals surface area (Å²) >= 11 is 0. The molecule has 0 saturated carbocycles. The maximum Gasteiger partial charge on any atom is 0.224 e. The van der Waals surface area contributed by atoms with Gasteiger partial charge in [0.25, 0.3) is 0 Å². The standard InChI is InChI=1S/C10H20N2O2/c1-2-9(7-13)12-10(14)8-4-3-5-11-6-8/h8-9,11,13H,2-7H2,1H3,(H,12,14)/t8-,9?/m1/s1. The van der Waals surface area contributed by atoms with Gasteiger partial charge < -0.3 is 15.7 Å². The Bertz CT molecular complexity index is 175. The fraction of sp³-hybridized carbons (Fsp3) is 0.900. The van der Waals surface area contributed by atoms with E-state index < -0.39 is 0 Å². The molecular weight excluding hydrogens is 180 g/mol. The minimum absolute atomic E-state index is 0.0301. The number of hydrogen-bond donors (Lipinski definition) is 3. The Kier molecular flexibility index (Phi) is 4.90. The first-order valence-corrected chi connectivity index (χ1v) is 5.39. The molecule has 0 bridgehead atoms. The predicted octanol–water partition coefficient (Wildman–Crippen LogP) is -0.127. The number of carbonyl (C=O) groups is 1. The van der Waals surface area contributed by atoms with E-state index in [4.69, 9.17) is 5.11 Å².